The third-order valence-electron chi connectivity index (χ3n) is 4.61. The van der Waals surface area contributed by atoms with E-state index in [0.29, 0.717) is 5.57 Å². The number of likely N-dealkylation sites (tertiary alicyclic amines) is 1. The first kappa shape index (κ1) is 21.7. The lowest BCUT2D eigenvalue weighted by atomic mass is 9.76. The van der Waals surface area contributed by atoms with Gasteiger partial charge in [-0.2, -0.15) is 0 Å². The molecule has 3 atom stereocenters. The molecule has 1 aliphatic heterocycles. The lowest BCUT2D eigenvalue weighted by molar-refractivity contribution is -0.175. The smallest absolute Gasteiger partial charge is 0.326 e. The van der Waals surface area contributed by atoms with Crippen LogP contribution in [0.1, 0.15) is 40.2 Å². The Balaban J connectivity index is 2.06. The van der Waals surface area contributed by atoms with E-state index in [1.807, 2.05) is 30.3 Å². The van der Waals surface area contributed by atoms with Crippen molar-refractivity contribution in [2.75, 3.05) is 6.54 Å². The van der Waals surface area contributed by atoms with Gasteiger partial charge in [-0.1, -0.05) is 42.5 Å². The maximum atomic E-state index is 12.6. The van der Waals surface area contributed by atoms with Crippen molar-refractivity contribution in [1.29, 1.82) is 0 Å². The summed E-state index contributed by atoms with van der Waals surface area (Å²) >= 11 is 0. The van der Waals surface area contributed by atoms with Crippen LogP contribution in [-0.4, -0.2) is 40.9 Å². The highest BCUT2D eigenvalue weighted by Crippen LogP contribution is 2.37. The minimum Gasteiger partial charge on any atom is -0.461 e. The van der Waals surface area contributed by atoms with E-state index >= 15 is 0 Å². The fourth-order valence-electron chi connectivity index (χ4n) is 3.33. The monoisotopic (exact) mass is 387 g/mol. The summed E-state index contributed by atoms with van der Waals surface area (Å²) in [6, 6.07) is 8.90. The molecule has 1 saturated heterocycles. The standard InChI is InChI=1S/C22H29NO5/c1-14(2)18-19(23(20(18)25)12-17(24)28-22(4,5)6)15(3)21(26)27-13-16-10-8-7-9-11-16/h7-11,15,18-19H,1,12-13H2,2-6H3/t15-,18-,19-/m1/s1. The zero-order valence-electron chi connectivity index (χ0n) is 17.2. The number of nitrogens with zero attached hydrogens (tertiary/aromatic N) is 1. The van der Waals surface area contributed by atoms with Crippen molar-refractivity contribution in [3.63, 3.8) is 0 Å². The Morgan fingerprint density at radius 1 is 1.21 bits per heavy atom. The number of esters is 2. The van der Waals surface area contributed by atoms with E-state index in [4.69, 9.17) is 9.47 Å². The fourth-order valence-corrected chi connectivity index (χ4v) is 3.33. The second-order valence-corrected chi connectivity index (χ2v) is 8.25. The maximum absolute atomic E-state index is 12.6. The molecule has 0 N–H and O–H groups in total. The van der Waals surface area contributed by atoms with Crippen LogP contribution in [0.3, 0.4) is 0 Å². The maximum Gasteiger partial charge on any atom is 0.326 e. The molecule has 1 amide bonds. The van der Waals surface area contributed by atoms with Gasteiger partial charge in [-0.05, 0) is 40.2 Å². The first-order valence-corrected chi connectivity index (χ1v) is 9.39. The zero-order chi connectivity index (χ0) is 21.1. The Morgan fingerprint density at radius 3 is 2.36 bits per heavy atom. The molecule has 0 unspecified atom stereocenters. The molecule has 1 fully saturated rings. The predicted molar refractivity (Wildman–Crippen MR) is 105 cm³/mol. The van der Waals surface area contributed by atoms with Crippen LogP contribution in [0.2, 0.25) is 0 Å². The zero-order valence-corrected chi connectivity index (χ0v) is 17.2. The number of carbonyl (C=O) groups is 3. The summed E-state index contributed by atoms with van der Waals surface area (Å²) in [5.41, 5.74) is 0.905. The summed E-state index contributed by atoms with van der Waals surface area (Å²) in [7, 11) is 0. The second kappa shape index (κ2) is 8.59. The molecule has 6 nitrogen and oxygen atoms in total. The van der Waals surface area contributed by atoms with Crippen molar-refractivity contribution in [2.45, 2.75) is 52.9 Å². The molecule has 6 heteroatoms. The first-order valence-electron chi connectivity index (χ1n) is 9.39. The normalized spacial score (nSPS) is 20.2. The summed E-state index contributed by atoms with van der Waals surface area (Å²) in [6.07, 6.45) is 0. The average Bonchev–Trinajstić information content (AvgIpc) is 2.60. The highest BCUT2D eigenvalue weighted by molar-refractivity contribution is 5.93. The van der Waals surface area contributed by atoms with Crippen LogP contribution >= 0.6 is 0 Å². The number of ether oxygens (including phenoxy) is 2. The van der Waals surface area contributed by atoms with Crippen LogP contribution in [0, 0.1) is 11.8 Å². The summed E-state index contributed by atoms with van der Waals surface area (Å²) in [5, 5.41) is 0. The van der Waals surface area contributed by atoms with E-state index in [2.05, 4.69) is 6.58 Å². The van der Waals surface area contributed by atoms with Crippen LogP contribution in [-0.2, 0) is 30.5 Å². The van der Waals surface area contributed by atoms with Crippen LogP contribution in [0.5, 0.6) is 0 Å². The summed E-state index contributed by atoms with van der Waals surface area (Å²) < 4.78 is 10.7. The molecular formula is C22H29NO5. The van der Waals surface area contributed by atoms with E-state index in [1.165, 1.54) is 4.90 Å². The number of hydrogen-bond acceptors (Lipinski definition) is 5. The Bertz CT molecular complexity index is 750. The average molecular weight is 387 g/mol. The van der Waals surface area contributed by atoms with Gasteiger partial charge < -0.3 is 14.4 Å². The fraction of sp³-hybridized carbons (Fsp3) is 0.500. The van der Waals surface area contributed by atoms with Crippen molar-refractivity contribution >= 4 is 17.8 Å². The third-order valence-corrected chi connectivity index (χ3v) is 4.61. The molecule has 0 radical (unpaired) electrons. The highest BCUT2D eigenvalue weighted by atomic mass is 16.6. The van der Waals surface area contributed by atoms with Gasteiger partial charge in [0.05, 0.1) is 17.9 Å². The molecule has 2 rings (SSSR count). The number of hydrogen-bond donors (Lipinski definition) is 0. The minimum absolute atomic E-state index is 0.161. The largest absolute Gasteiger partial charge is 0.461 e. The number of carbonyl (C=O) groups excluding carboxylic acids is 3. The number of benzene rings is 1. The molecule has 0 aromatic heterocycles. The number of amides is 1. The van der Waals surface area contributed by atoms with Crippen LogP contribution in [0.4, 0.5) is 0 Å². The van der Waals surface area contributed by atoms with E-state index in [0.717, 1.165) is 5.56 Å². The van der Waals surface area contributed by atoms with Crippen LogP contribution in [0.25, 0.3) is 0 Å². The molecule has 0 bridgehead atoms. The van der Waals surface area contributed by atoms with Gasteiger partial charge >= 0.3 is 11.9 Å². The molecule has 0 saturated carbocycles. The van der Waals surface area contributed by atoms with Crippen LogP contribution in [0.15, 0.2) is 42.5 Å². The van der Waals surface area contributed by atoms with E-state index < -0.39 is 35.4 Å². The van der Waals surface area contributed by atoms with Crippen molar-refractivity contribution < 1.29 is 23.9 Å². The van der Waals surface area contributed by atoms with Crippen LogP contribution < -0.4 is 0 Å². The molecule has 152 valence electrons. The number of β-lactam (4-membered cyclic amide) rings is 1. The molecule has 1 aliphatic rings. The van der Waals surface area contributed by atoms with Crippen molar-refractivity contribution in [3.8, 4) is 0 Å². The Morgan fingerprint density at radius 2 is 1.82 bits per heavy atom. The van der Waals surface area contributed by atoms with Gasteiger partial charge in [0.1, 0.15) is 18.8 Å². The topological polar surface area (TPSA) is 72.9 Å². The lowest BCUT2D eigenvalue weighted by Crippen LogP contribution is -2.66. The van der Waals surface area contributed by atoms with E-state index in [9.17, 15) is 14.4 Å². The highest BCUT2D eigenvalue weighted by Gasteiger charge is 2.52. The summed E-state index contributed by atoms with van der Waals surface area (Å²) in [4.78, 5) is 38.7. The van der Waals surface area contributed by atoms with Gasteiger partial charge in [0.2, 0.25) is 5.91 Å². The van der Waals surface area contributed by atoms with Gasteiger partial charge in [-0.15, -0.1) is 0 Å². The molecule has 1 heterocycles. The van der Waals surface area contributed by atoms with Gasteiger partial charge in [0.25, 0.3) is 0 Å². The Labute approximate surface area is 166 Å². The third kappa shape index (κ3) is 5.21. The predicted octanol–water partition coefficient (Wildman–Crippen LogP) is 3.11. The quantitative estimate of drug-likeness (QED) is 0.408. The Hall–Kier alpha value is -2.63. The first-order chi connectivity index (χ1) is 13.0. The van der Waals surface area contributed by atoms with Gasteiger partial charge in [-0.3, -0.25) is 14.4 Å². The van der Waals surface area contributed by atoms with Gasteiger partial charge in [-0.25, -0.2) is 0 Å². The van der Waals surface area contributed by atoms with E-state index in [-0.39, 0.29) is 19.1 Å². The lowest BCUT2D eigenvalue weighted by Gasteiger charge is -2.49. The summed E-state index contributed by atoms with van der Waals surface area (Å²) in [5.74, 6) is -2.23. The number of rotatable bonds is 7. The minimum atomic E-state index is -0.644. The van der Waals surface area contributed by atoms with Gasteiger partial charge in [0.15, 0.2) is 0 Å². The molecule has 0 aliphatic carbocycles. The molecule has 1 aromatic rings. The van der Waals surface area contributed by atoms with Crippen molar-refractivity contribution in [1.82, 2.24) is 4.90 Å². The van der Waals surface area contributed by atoms with Crippen molar-refractivity contribution in [3.05, 3.63) is 48.0 Å². The van der Waals surface area contributed by atoms with Gasteiger partial charge in [0, 0.05) is 0 Å². The molecule has 1 aromatic carbocycles. The van der Waals surface area contributed by atoms with E-state index in [1.54, 1.807) is 34.6 Å². The van der Waals surface area contributed by atoms with Crippen molar-refractivity contribution in [2.24, 2.45) is 11.8 Å². The Kier molecular flexibility index (Phi) is 6.65. The summed E-state index contributed by atoms with van der Waals surface area (Å²) in [6.45, 7) is 12.6. The SMILES string of the molecule is C=C(C)[C@H]1C(=O)N(CC(=O)OC(C)(C)C)[C@@H]1[C@@H](C)C(=O)OCc1ccccc1. The second-order valence-electron chi connectivity index (χ2n) is 8.25. The molecule has 28 heavy (non-hydrogen) atoms. The molecular weight excluding hydrogens is 358 g/mol. The molecule has 0 spiro atoms.